The number of hydrogen-bond donors (Lipinski definition) is 1. The highest BCUT2D eigenvalue weighted by Crippen LogP contribution is 2.39. The summed E-state index contributed by atoms with van der Waals surface area (Å²) >= 11 is 12.5. The Kier molecular flexibility index (Phi) is 7.61. The van der Waals surface area contributed by atoms with Gasteiger partial charge >= 0.3 is 0 Å². The van der Waals surface area contributed by atoms with Crippen LogP contribution in [0.1, 0.15) is 50.5 Å². The number of carbonyl (C=O) groups excluding carboxylic acids is 2. The van der Waals surface area contributed by atoms with Crippen molar-refractivity contribution in [2.45, 2.75) is 50.4 Å². The first-order valence-electron chi connectivity index (χ1n) is 10.1. The fourth-order valence-electron chi connectivity index (χ4n) is 4.15. The molecular weight excluding hydrogens is 399 g/mol. The second-order valence-electron chi connectivity index (χ2n) is 7.62. The first-order valence-corrected chi connectivity index (χ1v) is 10.9. The number of nitrogens with one attached hydrogen (secondary N) is 1. The first-order chi connectivity index (χ1) is 13.5. The van der Waals surface area contributed by atoms with E-state index in [0.29, 0.717) is 49.1 Å². The van der Waals surface area contributed by atoms with Crippen LogP contribution in [0.3, 0.4) is 0 Å². The lowest BCUT2D eigenvalue weighted by molar-refractivity contribution is -0.132. The van der Waals surface area contributed by atoms with Gasteiger partial charge in [-0.3, -0.25) is 9.59 Å². The van der Waals surface area contributed by atoms with Gasteiger partial charge in [0.05, 0.1) is 5.41 Å². The smallest absolute Gasteiger partial charge is 0.230 e. The number of benzene rings is 1. The third-order valence-electron chi connectivity index (χ3n) is 5.81. The van der Waals surface area contributed by atoms with Crippen LogP contribution >= 0.6 is 23.2 Å². The fraction of sp³-hybridized carbons (Fsp3) is 0.619. The summed E-state index contributed by atoms with van der Waals surface area (Å²) in [6.45, 7) is 2.99. The molecule has 1 aromatic carbocycles. The second-order valence-corrected chi connectivity index (χ2v) is 8.46. The molecule has 1 aromatic rings. The Labute approximate surface area is 176 Å². The standard InChI is InChI=1S/C21H28Cl2N2O3/c22-16-5-6-17(18(23)15-16)21(8-13-28-14-9-21)20(27)24-10-7-19(26)25-11-3-1-2-4-12-25/h5-6,15H,1-4,7-14H2,(H,24,27). The molecule has 0 saturated carbocycles. The number of carbonyl (C=O) groups is 2. The van der Waals surface area contributed by atoms with Crippen LogP contribution in [-0.4, -0.2) is 49.6 Å². The van der Waals surface area contributed by atoms with Crippen molar-refractivity contribution in [2.75, 3.05) is 32.8 Å². The summed E-state index contributed by atoms with van der Waals surface area (Å²) in [7, 11) is 0. The van der Waals surface area contributed by atoms with Crippen molar-refractivity contribution in [3.8, 4) is 0 Å². The van der Waals surface area contributed by atoms with E-state index in [0.717, 1.165) is 31.5 Å². The monoisotopic (exact) mass is 426 g/mol. The number of amides is 2. The molecule has 0 aliphatic carbocycles. The molecule has 0 radical (unpaired) electrons. The Bertz CT molecular complexity index is 697. The summed E-state index contributed by atoms with van der Waals surface area (Å²) in [4.78, 5) is 27.6. The molecule has 0 atom stereocenters. The Morgan fingerprint density at radius 1 is 1.07 bits per heavy atom. The van der Waals surface area contributed by atoms with Crippen LogP contribution in [0.15, 0.2) is 18.2 Å². The van der Waals surface area contributed by atoms with E-state index in [9.17, 15) is 9.59 Å². The molecule has 0 spiro atoms. The third kappa shape index (κ3) is 5.00. The van der Waals surface area contributed by atoms with Crippen molar-refractivity contribution in [1.29, 1.82) is 0 Å². The number of nitrogens with zero attached hydrogens (tertiary/aromatic N) is 1. The minimum atomic E-state index is -0.744. The summed E-state index contributed by atoms with van der Waals surface area (Å²) in [5, 5.41) is 4.02. The van der Waals surface area contributed by atoms with Crippen LogP contribution in [0.5, 0.6) is 0 Å². The van der Waals surface area contributed by atoms with Gasteiger partial charge in [0.2, 0.25) is 11.8 Å². The van der Waals surface area contributed by atoms with E-state index < -0.39 is 5.41 Å². The quantitative estimate of drug-likeness (QED) is 0.774. The highest BCUT2D eigenvalue weighted by atomic mass is 35.5. The average molecular weight is 427 g/mol. The molecule has 2 aliphatic heterocycles. The average Bonchev–Trinajstić information content (AvgIpc) is 2.98. The Morgan fingerprint density at radius 3 is 2.39 bits per heavy atom. The van der Waals surface area contributed by atoms with Crippen LogP contribution in [0.2, 0.25) is 10.0 Å². The molecule has 5 nitrogen and oxygen atoms in total. The van der Waals surface area contributed by atoms with Crippen LogP contribution in [0.4, 0.5) is 0 Å². The van der Waals surface area contributed by atoms with E-state index in [1.54, 1.807) is 12.1 Å². The number of rotatable bonds is 5. The van der Waals surface area contributed by atoms with Crippen molar-refractivity contribution in [3.63, 3.8) is 0 Å². The van der Waals surface area contributed by atoms with Gasteiger partial charge in [0.1, 0.15) is 0 Å². The van der Waals surface area contributed by atoms with Crippen molar-refractivity contribution in [2.24, 2.45) is 0 Å². The fourth-order valence-corrected chi connectivity index (χ4v) is 4.74. The zero-order valence-electron chi connectivity index (χ0n) is 16.1. The Balaban J connectivity index is 1.64. The van der Waals surface area contributed by atoms with Crippen molar-refractivity contribution in [1.82, 2.24) is 10.2 Å². The molecule has 28 heavy (non-hydrogen) atoms. The summed E-state index contributed by atoms with van der Waals surface area (Å²) in [5.41, 5.74) is 0.0317. The maximum Gasteiger partial charge on any atom is 0.230 e. The zero-order chi connectivity index (χ0) is 20.0. The lowest BCUT2D eigenvalue weighted by Gasteiger charge is -2.37. The zero-order valence-corrected chi connectivity index (χ0v) is 17.7. The first kappa shape index (κ1) is 21.4. The SMILES string of the molecule is O=C(CCNC(=O)C1(c2ccc(Cl)cc2Cl)CCOCC1)N1CCCCCC1. The number of ether oxygens (including phenoxy) is 1. The molecule has 2 saturated heterocycles. The second kappa shape index (κ2) is 9.95. The van der Waals surface area contributed by atoms with E-state index >= 15 is 0 Å². The molecule has 154 valence electrons. The molecule has 3 rings (SSSR count). The normalized spacial score (nSPS) is 19.7. The van der Waals surface area contributed by atoms with Gasteiger partial charge < -0.3 is 15.0 Å². The molecule has 2 fully saturated rings. The summed E-state index contributed by atoms with van der Waals surface area (Å²) < 4.78 is 5.48. The highest BCUT2D eigenvalue weighted by molar-refractivity contribution is 6.35. The van der Waals surface area contributed by atoms with Gasteiger partial charge in [-0.15, -0.1) is 0 Å². The molecule has 2 amide bonds. The van der Waals surface area contributed by atoms with E-state index in [-0.39, 0.29) is 11.8 Å². The topological polar surface area (TPSA) is 58.6 Å². The van der Waals surface area contributed by atoms with E-state index in [4.69, 9.17) is 27.9 Å². The van der Waals surface area contributed by atoms with Crippen molar-refractivity contribution >= 4 is 35.0 Å². The van der Waals surface area contributed by atoms with E-state index in [1.807, 2.05) is 11.0 Å². The molecule has 0 bridgehead atoms. The minimum Gasteiger partial charge on any atom is -0.381 e. The summed E-state index contributed by atoms with van der Waals surface area (Å²) in [5.74, 6) is 0.0245. The van der Waals surface area contributed by atoms with Gasteiger partial charge in [0, 0.05) is 49.3 Å². The van der Waals surface area contributed by atoms with Gasteiger partial charge in [-0.2, -0.15) is 0 Å². The van der Waals surface area contributed by atoms with Gasteiger partial charge in [0.25, 0.3) is 0 Å². The molecule has 2 aliphatic rings. The Morgan fingerprint density at radius 2 is 1.75 bits per heavy atom. The molecular formula is C21H28Cl2N2O3. The van der Waals surface area contributed by atoms with Crippen molar-refractivity contribution < 1.29 is 14.3 Å². The van der Waals surface area contributed by atoms with E-state index in [1.165, 1.54) is 12.8 Å². The van der Waals surface area contributed by atoms with Crippen LogP contribution < -0.4 is 5.32 Å². The number of halogens is 2. The summed E-state index contributed by atoms with van der Waals surface area (Å²) in [6, 6.07) is 5.26. The maximum atomic E-state index is 13.2. The third-order valence-corrected chi connectivity index (χ3v) is 6.36. The minimum absolute atomic E-state index is 0.0938. The van der Waals surface area contributed by atoms with Crippen molar-refractivity contribution in [3.05, 3.63) is 33.8 Å². The summed E-state index contributed by atoms with van der Waals surface area (Å²) in [6.07, 6.45) is 5.94. The molecule has 1 N–H and O–H groups in total. The number of hydrogen-bond acceptors (Lipinski definition) is 3. The molecule has 0 aromatic heterocycles. The van der Waals surface area contributed by atoms with Crippen LogP contribution in [-0.2, 0) is 19.7 Å². The van der Waals surface area contributed by atoms with Gasteiger partial charge in [0.15, 0.2) is 0 Å². The molecule has 0 unspecified atom stereocenters. The Hall–Kier alpha value is -1.30. The van der Waals surface area contributed by atoms with E-state index in [2.05, 4.69) is 5.32 Å². The molecule has 2 heterocycles. The van der Waals surface area contributed by atoms with Gasteiger partial charge in [-0.05, 0) is 43.4 Å². The lowest BCUT2D eigenvalue weighted by Crippen LogP contribution is -2.49. The largest absolute Gasteiger partial charge is 0.381 e. The highest BCUT2D eigenvalue weighted by Gasteiger charge is 2.43. The molecule has 7 heteroatoms. The predicted molar refractivity (Wildman–Crippen MR) is 111 cm³/mol. The maximum absolute atomic E-state index is 13.2. The van der Waals surface area contributed by atoms with Gasteiger partial charge in [-0.25, -0.2) is 0 Å². The van der Waals surface area contributed by atoms with Gasteiger partial charge in [-0.1, -0.05) is 42.1 Å². The predicted octanol–water partition coefficient (Wildman–Crippen LogP) is 3.95. The number of likely N-dealkylation sites (tertiary alicyclic amines) is 1. The van der Waals surface area contributed by atoms with Crippen LogP contribution in [0, 0.1) is 0 Å². The van der Waals surface area contributed by atoms with Crippen LogP contribution in [0.25, 0.3) is 0 Å². The lowest BCUT2D eigenvalue weighted by atomic mass is 9.73.